The second-order valence-electron chi connectivity index (χ2n) is 7.17. The van der Waals surface area contributed by atoms with E-state index in [-0.39, 0.29) is 18.0 Å². The molecule has 1 aliphatic heterocycles. The Morgan fingerprint density at radius 3 is 2.48 bits per heavy atom. The third-order valence-corrected chi connectivity index (χ3v) is 6.40. The van der Waals surface area contributed by atoms with Gasteiger partial charge in [0.1, 0.15) is 0 Å². The summed E-state index contributed by atoms with van der Waals surface area (Å²) in [5.74, 6) is 0.616. The van der Waals surface area contributed by atoms with E-state index in [4.69, 9.17) is 4.74 Å². The van der Waals surface area contributed by atoms with Gasteiger partial charge in [0.25, 0.3) is 0 Å². The molecular weight excluding hydrogens is 364 g/mol. The Hall–Kier alpha value is -1.64. The van der Waals surface area contributed by atoms with E-state index in [0.29, 0.717) is 32.1 Å². The molecule has 0 saturated carbocycles. The van der Waals surface area contributed by atoms with Gasteiger partial charge >= 0.3 is 0 Å². The van der Waals surface area contributed by atoms with Crippen molar-refractivity contribution in [3.05, 3.63) is 34.9 Å². The highest BCUT2D eigenvalue weighted by Gasteiger charge is 2.30. The summed E-state index contributed by atoms with van der Waals surface area (Å²) in [7, 11) is -1.65. The first-order valence-corrected chi connectivity index (χ1v) is 11.0. The number of morpholine rings is 1. The van der Waals surface area contributed by atoms with Crippen molar-refractivity contribution in [1.29, 1.82) is 0 Å². The quantitative estimate of drug-likeness (QED) is 0.561. The molecule has 1 aliphatic rings. The van der Waals surface area contributed by atoms with Crippen molar-refractivity contribution in [2.24, 2.45) is 4.99 Å². The molecule has 2 atom stereocenters. The molecule has 1 aromatic rings. The zero-order valence-electron chi connectivity index (χ0n) is 16.9. The minimum absolute atomic E-state index is 0.0245. The minimum atomic E-state index is -3.32. The van der Waals surface area contributed by atoms with E-state index >= 15 is 0 Å². The molecule has 0 radical (unpaired) electrons. The number of rotatable bonds is 6. The highest BCUT2D eigenvalue weighted by Crippen LogP contribution is 2.14. The number of aryl methyl sites for hydroxylation is 2. The highest BCUT2D eigenvalue weighted by atomic mass is 32.2. The Balaban J connectivity index is 1.83. The van der Waals surface area contributed by atoms with Gasteiger partial charge in [0.2, 0.25) is 10.0 Å². The number of hydrogen-bond donors (Lipinski definition) is 2. The number of ether oxygens (including phenoxy) is 1. The van der Waals surface area contributed by atoms with Gasteiger partial charge in [-0.05, 0) is 38.8 Å². The molecule has 0 aromatic heterocycles. The number of nitrogens with zero attached hydrogens (tertiary/aromatic N) is 2. The molecule has 27 heavy (non-hydrogen) atoms. The summed E-state index contributed by atoms with van der Waals surface area (Å²) in [5, 5.41) is 6.33. The zero-order chi connectivity index (χ0) is 20.0. The van der Waals surface area contributed by atoms with Crippen LogP contribution in [0.15, 0.2) is 23.2 Å². The standard InChI is InChI=1S/C19H32N4O3S/c1-14-6-7-18(15(2)10-14)11-22-19(20-5)21-8-9-27(24,25)23-12-16(3)26-17(4)13-23/h6-7,10,16-17H,8-9,11-13H2,1-5H3,(H2,20,21,22). The summed E-state index contributed by atoms with van der Waals surface area (Å²) in [6.45, 7) is 9.70. The van der Waals surface area contributed by atoms with Crippen LogP contribution in [0, 0.1) is 13.8 Å². The SMILES string of the molecule is CN=C(NCCS(=O)(=O)N1CC(C)OC(C)C1)NCc1ccc(C)cc1C. The van der Waals surface area contributed by atoms with Crippen LogP contribution in [0.3, 0.4) is 0 Å². The number of aliphatic imine (C=N–C) groups is 1. The Morgan fingerprint density at radius 1 is 1.22 bits per heavy atom. The van der Waals surface area contributed by atoms with Crippen LogP contribution < -0.4 is 10.6 Å². The number of nitrogens with one attached hydrogen (secondary N) is 2. The van der Waals surface area contributed by atoms with Gasteiger partial charge in [0, 0.05) is 33.2 Å². The van der Waals surface area contributed by atoms with Crippen molar-refractivity contribution >= 4 is 16.0 Å². The normalized spacial score (nSPS) is 21.9. The van der Waals surface area contributed by atoms with Crippen molar-refractivity contribution in [2.45, 2.75) is 46.4 Å². The highest BCUT2D eigenvalue weighted by molar-refractivity contribution is 7.89. The molecule has 152 valence electrons. The molecule has 0 spiro atoms. The second-order valence-corrected chi connectivity index (χ2v) is 9.26. The van der Waals surface area contributed by atoms with Crippen molar-refractivity contribution in [3.8, 4) is 0 Å². The summed E-state index contributed by atoms with van der Waals surface area (Å²) in [4.78, 5) is 4.17. The lowest BCUT2D eigenvalue weighted by atomic mass is 10.1. The molecule has 1 aromatic carbocycles. The van der Waals surface area contributed by atoms with E-state index < -0.39 is 10.0 Å². The molecule has 2 rings (SSSR count). The second kappa shape index (κ2) is 9.52. The minimum Gasteiger partial charge on any atom is -0.373 e. The topological polar surface area (TPSA) is 83.0 Å². The van der Waals surface area contributed by atoms with Crippen molar-refractivity contribution < 1.29 is 13.2 Å². The molecule has 8 heteroatoms. The molecule has 0 aliphatic carbocycles. The van der Waals surface area contributed by atoms with Gasteiger partial charge in [-0.1, -0.05) is 23.8 Å². The Kier molecular flexibility index (Phi) is 7.64. The van der Waals surface area contributed by atoms with E-state index in [1.165, 1.54) is 21.0 Å². The number of hydrogen-bond acceptors (Lipinski definition) is 4. The molecule has 0 amide bonds. The predicted molar refractivity (Wildman–Crippen MR) is 109 cm³/mol. The molecule has 1 saturated heterocycles. The maximum atomic E-state index is 12.6. The maximum absolute atomic E-state index is 12.6. The summed E-state index contributed by atoms with van der Waals surface area (Å²) >= 11 is 0. The predicted octanol–water partition coefficient (Wildman–Crippen LogP) is 1.41. The van der Waals surface area contributed by atoms with Crippen LogP contribution >= 0.6 is 0 Å². The largest absolute Gasteiger partial charge is 0.373 e. The van der Waals surface area contributed by atoms with E-state index in [2.05, 4.69) is 47.7 Å². The lowest BCUT2D eigenvalue weighted by molar-refractivity contribution is -0.0440. The number of benzene rings is 1. The lowest BCUT2D eigenvalue weighted by Gasteiger charge is -2.34. The lowest BCUT2D eigenvalue weighted by Crippen LogP contribution is -2.50. The van der Waals surface area contributed by atoms with Crippen LogP contribution in [-0.4, -0.2) is 63.3 Å². The van der Waals surface area contributed by atoms with Gasteiger partial charge in [-0.3, -0.25) is 4.99 Å². The summed E-state index contributed by atoms with van der Waals surface area (Å²) in [6.07, 6.45) is -0.160. The van der Waals surface area contributed by atoms with Gasteiger partial charge in [0.05, 0.1) is 18.0 Å². The first-order valence-electron chi connectivity index (χ1n) is 9.35. The Bertz CT molecular complexity index is 754. The average molecular weight is 397 g/mol. The van der Waals surface area contributed by atoms with E-state index in [1.54, 1.807) is 7.05 Å². The number of sulfonamides is 1. The van der Waals surface area contributed by atoms with Crippen LogP contribution in [0.25, 0.3) is 0 Å². The molecule has 1 fully saturated rings. The fraction of sp³-hybridized carbons (Fsp3) is 0.632. The van der Waals surface area contributed by atoms with Crippen LogP contribution in [0.2, 0.25) is 0 Å². The molecular formula is C19H32N4O3S. The van der Waals surface area contributed by atoms with Crippen molar-refractivity contribution in [2.75, 3.05) is 32.4 Å². The fourth-order valence-electron chi connectivity index (χ4n) is 3.23. The molecule has 0 bridgehead atoms. The zero-order valence-corrected chi connectivity index (χ0v) is 17.8. The van der Waals surface area contributed by atoms with E-state index in [0.717, 1.165) is 0 Å². The Labute approximate surface area is 163 Å². The van der Waals surface area contributed by atoms with Gasteiger partial charge in [0.15, 0.2) is 5.96 Å². The molecule has 7 nitrogen and oxygen atoms in total. The summed E-state index contributed by atoms with van der Waals surface area (Å²) in [5.41, 5.74) is 3.64. The van der Waals surface area contributed by atoms with Crippen molar-refractivity contribution in [1.82, 2.24) is 14.9 Å². The average Bonchev–Trinajstić information content (AvgIpc) is 2.58. The van der Waals surface area contributed by atoms with Crippen molar-refractivity contribution in [3.63, 3.8) is 0 Å². The van der Waals surface area contributed by atoms with Crippen LogP contribution in [0.5, 0.6) is 0 Å². The van der Waals surface area contributed by atoms with Gasteiger partial charge in [-0.25, -0.2) is 8.42 Å². The number of guanidine groups is 1. The fourth-order valence-corrected chi connectivity index (χ4v) is 4.72. The van der Waals surface area contributed by atoms with E-state index in [1.807, 2.05) is 13.8 Å². The van der Waals surface area contributed by atoms with Gasteiger partial charge in [-0.2, -0.15) is 4.31 Å². The molecule has 2 N–H and O–H groups in total. The smallest absolute Gasteiger partial charge is 0.216 e. The first kappa shape index (κ1) is 21.7. The van der Waals surface area contributed by atoms with Crippen LogP contribution in [0.4, 0.5) is 0 Å². The van der Waals surface area contributed by atoms with E-state index in [9.17, 15) is 8.42 Å². The third kappa shape index (κ3) is 6.48. The van der Waals surface area contributed by atoms with Crippen LogP contribution in [0.1, 0.15) is 30.5 Å². The van der Waals surface area contributed by atoms with Gasteiger partial charge < -0.3 is 15.4 Å². The maximum Gasteiger partial charge on any atom is 0.216 e. The third-order valence-electron chi connectivity index (χ3n) is 4.60. The Morgan fingerprint density at radius 2 is 1.89 bits per heavy atom. The summed E-state index contributed by atoms with van der Waals surface area (Å²) < 4.78 is 32.3. The monoisotopic (exact) mass is 396 g/mol. The first-order chi connectivity index (χ1) is 12.7. The van der Waals surface area contributed by atoms with Gasteiger partial charge in [-0.15, -0.1) is 0 Å². The van der Waals surface area contributed by atoms with Crippen LogP contribution in [-0.2, 0) is 21.3 Å². The summed E-state index contributed by atoms with van der Waals surface area (Å²) in [6, 6.07) is 6.32. The molecule has 2 unspecified atom stereocenters. The molecule has 1 heterocycles.